The highest BCUT2D eigenvalue weighted by atomic mass is 16.2. The second-order valence-electron chi connectivity index (χ2n) is 10.5. The number of hydrogen-bond donors (Lipinski definition) is 3. The number of hydrogen-bond acceptors (Lipinski definition) is 6. The molecule has 9 heteroatoms. The van der Waals surface area contributed by atoms with Crippen molar-refractivity contribution in [3.8, 4) is 0 Å². The van der Waals surface area contributed by atoms with Gasteiger partial charge >= 0.3 is 0 Å². The first-order valence-corrected chi connectivity index (χ1v) is 13.9. The summed E-state index contributed by atoms with van der Waals surface area (Å²) in [4.78, 5) is 47.1. The molecule has 3 amide bonds. The summed E-state index contributed by atoms with van der Waals surface area (Å²) in [6.07, 6.45) is 7.01. The third kappa shape index (κ3) is 6.84. The van der Waals surface area contributed by atoms with Crippen LogP contribution in [0.4, 0.5) is 11.4 Å². The Hall–Kier alpha value is -4.24. The zero-order valence-electron chi connectivity index (χ0n) is 22.6. The summed E-state index contributed by atoms with van der Waals surface area (Å²) in [6, 6.07) is 18.8. The number of amides is 3. The molecule has 40 heavy (non-hydrogen) atoms. The van der Waals surface area contributed by atoms with E-state index in [2.05, 4.69) is 20.5 Å². The molecule has 0 radical (unpaired) electrons. The first-order valence-electron chi connectivity index (χ1n) is 13.9. The van der Waals surface area contributed by atoms with Crippen molar-refractivity contribution in [2.45, 2.75) is 44.2 Å². The molecule has 0 atom stereocenters. The number of benzene rings is 2. The Bertz CT molecular complexity index is 1320. The molecule has 0 bridgehead atoms. The number of pyridine rings is 1. The first kappa shape index (κ1) is 27.3. The third-order valence-corrected chi connectivity index (χ3v) is 7.68. The average Bonchev–Trinajstić information content (AvgIpc) is 2.99. The molecule has 2 fully saturated rings. The lowest BCUT2D eigenvalue weighted by atomic mass is 9.91. The molecule has 2 aliphatic rings. The van der Waals surface area contributed by atoms with Crippen LogP contribution in [0.25, 0.3) is 0 Å². The van der Waals surface area contributed by atoms with Crippen LogP contribution in [0.3, 0.4) is 0 Å². The Morgan fingerprint density at radius 1 is 0.850 bits per heavy atom. The van der Waals surface area contributed by atoms with Gasteiger partial charge in [0.05, 0.1) is 17.8 Å². The second-order valence-corrected chi connectivity index (χ2v) is 10.5. The number of piperazine rings is 1. The highest BCUT2D eigenvalue weighted by Gasteiger charge is 2.25. The van der Waals surface area contributed by atoms with Crippen LogP contribution >= 0.6 is 0 Å². The highest BCUT2D eigenvalue weighted by Crippen LogP contribution is 2.29. The molecule has 5 rings (SSSR count). The van der Waals surface area contributed by atoms with Crippen molar-refractivity contribution in [2.75, 3.05) is 36.4 Å². The van der Waals surface area contributed by atoms with Crippen LogP contribution in [0.5, 0.6) is 0 Å². The lowest BCUT2D eigenvalue weighted by Gasteiger charge is -2.37. The first-order chi connectivity index (χ1) is 19.5. The molecule has 1 aromatic heterocycles. The Labute approximate surface area is 234 Å². The van der Waals surface area contributed by atoms with E-state index in [0.29, 0.717) is 43.0 Å². The third-order valence-electron chi connectivity index (χ3n) is 7.68. The summed E-state index contributed by atoms with van der Waals surface area (Å²) in [7, 11) is 0. The largest absolute Gasteiger partial charge is 0.366 e. The number of nitrogens with one attached hydrogen (secondary N) is 2. The van der Waals surface area contributed by atoms with Gasteiger partial charge in [0.2, 0.25) is 5.91 Å². The van der Waals surface area contributed by atoms with Crippen molar-refractivity contribution in [3.63, 3.8) is 0 Å². The van der Waals surface area contributed by atoms with Gasteiger partial charge < -0.3 is 26.2 Å². The van der Waals surface area contributed by atoms with Gasteiger partial charge in [-0.25, -0.2) is 0 Å². The van der Waals surface area contributed by atoms with Crippen LogP contribution in [0.2, 0.25) is 0 Å². The predicted molar refractivity (Wildman–Crippen MR) is 155 cm³/mol. The fourth-order valence-electron chi connectivity index (χ4n) is 5.39. The number of aromatic nitrogens is 1. The Morgan fingerprint density at radius 3 is 2.25 bits per heavy atom. The number of nitrogens with two attached hydrogens (primary N) is 1. The normalized spacial score (nSPS) is 19.1. The maximum atomic E-state index is 13.1. The molecular weight excluding hydrogens is 504 g/mol. The summed E-state index contributed by atoms with van der Waals surface area (Å²) < 4.78 is 0. The summed E-state index contributed by atoms with van der Waals surface area (Å²) in [5.74, 6) is -0.328. The fourth-order valence-corrected chi connectivity index (χ4v) is 5.39. The molecule has 1 saturated heterocycles. The molecule has 2 heterocycles. The van der Waals surface area contributed by atoms with Crippen molar-refractivity contribution in [2.24, 2.45) is 5.73 Å². The van der Waals surface area contributed by atoms with Crippen LogP contribution in [-0.2, 0) is 11.2 Å². The van der Waals surface area contributed by atoms with Gasteiger partial charge in [-0.3, -0.25) is 19.4 Å². The number of anilines is 2. The molecule has 2 aromatic carbocycles. The molecule has 1 aliphatic carbocycles. The van der Waals surface area contributed by atoms with Gasteiger partial charge in [-0.2, -0.15) is 0 Å². The molecule has 1 saturated carbocycles. The Balaban J connectivity index is 1.31. The van der Waals surface area contributed by atoms with Gasteiger partial charge in [-0.15, -0.1) is 0 Å². The van der Waals surface area contributed by atoms with Gasteiger partial charge in [-0.1, -0.05) is 30.3 Å². The Kier molecular flexibility index (Phi) is 8.71. The van der Waals surface area contributed by atoms with E-state index >= 15 is 0 Å². The average molecular weight is 541 g/mol. The van der Waals surface area contributed by atoms with Crippen molar-refractivity contribution in [1.29, 1.82) is 0 Å². The van der Waals surface area contributed by atoms with Crippen molar-refractivity contribution >= 4 is 29.1 Å². The van der Waals surface area contributed by atoms with E-state index in [4.69, 9.17) is 5.73 Å². The van der Waals surface area contributed by atoms with Crippen molar-refractivity contribution in [1.82, 2.24) is 15.2 Å². The quantitative estimate of drug-likeness (QED) is 0.423. The van der Waals surface area contributed by atoms with E-state index < -0.39 is 0 Å². The molecule has 1 aliphatic heterocycles. The van der Waals surface area contributed by atoms with Gasteiger partial charge in [0.1, 0.15) is 0 Å². The van der Waals surface area contributed by atoms with E-state index in [1.54, 1.807) is 36.7 Å². The molecule has 9 nitrogen and oxygen atoms in total. The van der Waals surface area contributed by atoms with Crippen molar-refractivity contribution in [3.05, 3.63) is 89.7 Å². The molecule has 0 spiro atoms. The minimum Gasteiger partial charge on any atom is -0.366 e. The van der Waals surface area contributed by atoms with Crippen LogP contribution in [0.15, 0.2) is 73.1 Å². The number of nitrogens with zero attached hydrogens (tertiary/aromatic N) is 3. The monoisotopic (exact) mass is 540 g/mol. The van der Waals surface area contributed by atoms with Gasteiger partial charge in [-0.05, 0) is 61.6 Å². The number of rotatable bonds is 7. The maximum absolute atomic E-state index is 13.1. The second kappa shape index (κ2) is 12.7. The van der Waals surface area contributed by atoms with E-state index in [0.717, 1.165) is 36.9 Å². The van der Waals surface area contributed by atoms with Crippen LogP contribution < -0.4 is 21.3 Å². The smallest absolute Gasteiger partial charge is 0.254 e. The van der Waals surface area contributed by atoms with Gasteiger partial charge in [0.25, 0.3) is 11.8 Å². The van der Waals surface area contributed by atoms with Gasteiger partial charge in [0.15, 0.2) is 0 Å². The minimum absolute atomic E-state index is 0.0193. The molecular formula is C31H36N6O3. The summed E-state index contributed by atoms with van der Waals surface area (Å²) >= 11 is 0. The number of carbonyl (C=O) groups excluding carboxylic acids is 3. The van der Waals surface area contributed by atoms with Crippen LogP contribution in [0.1, 0.15) is 52.0 Å². The number of carbonyl (C=O) groups is 3. The standard InChI is InChI=1S/C31H36N6O3/c32-25-7-9-26(10-8-25)34-30(39)24-6-11-28(27(21-24)35-29(38)20-22-4-2-1-3-5-22)36-16-18-37(19-17-36)31(40)23-12-14-33-15-13-23/h1-6,11-15,21,25-26H,7-10,16-20,32H2,(H,34,39)(H,35,38). The molecule has 4 N–H and O–H groups in total. The van der Waals surface area contributed by atoms with Crippen LogP contribution in [-0.4, -0.2) is 65.9 Å². The predicted octanol–water partition coefficient (Wildman–Crippen LogP) is 3.22. The molecule has 208 valence electrons. The molecule has 3 aromatic rings. The van der Waals surface area contributed by atoms with Crippen LogP contribution in [0, 0.1) is 0 Å². The van der Waals surface area contributed by atoms with E-state index in [9.17, 15) is 14.4 Å². The summed E-state index contributed by atoms with van der Waals surface area (Å²) in [6.45, 7) is 2.30. The topological polar surface area (TPSA) is 121 Å². The maximum Gasteiger partial charge on any atom is 0.254 e. The lowest BCUT2D eigenvalue weighted by Crippen LogP contribution is -2.49. The Morgan fingerprint density at radius 2 is 1.55 bits per heavy atom. The zero-order chi connectivity index (χ0) is 27.9. The summed E-state index contributed by atoms with van der Waals surface area (Å²) in [5, 5.41) is 6.20. The van der Waals surface area contributed by atoms with E-state index in [1.807, 2.05) is 41.3 Å². The van der Waals surface area contributed by atoms with Gasteiger partial charge in [0, 0.05) is 61.8 Å². The zero-order valence-corrected chi connectivity index (χ0v) is 22.6. The SMILES string of the molecule is NC1CCC(NC(=O)c2ccc(N3CCN(C(=O)c4ccncc4)CC3)c(NC(=O)Cc3ccccc3)c2)CC1. The lowest BCUT2D eigenvalue weighted by molar-refractivity contribution is -0.115. The highest BCUT2D eigenvalue weighted by molar-refractivity contribution is 6.00. The minimum atomic E-state index is -0.155. The van der Waals surface area contributed by atoms with E-state index in [1.165, 1.54) is 0 Å². The van der Waals surface area contributed by atoms with Crippen molar-refractivity contribution < 1.29 is 14.4 Å². The summed E-state index contributed by atoms with van der Waals surface area (Å²) in [5.41, 5.74) is 9.47. The fraction of sp³-hybridized carbons (Fsp3) is 0.355. The molecule has 0 unspecified atom stereocenters. The van der Waals surface area contributed by atoms with E-state index in [-0.39, 0.29) is 36.2 Å².